The molecule has 0 radical (unpaired) electrons. The van der Waals surface area contributed by atoms with Crippen molar-refractivity contribution < 1.29 is 9.72 Å². The molecule has 0 unspecified atom stereocenters. The Labute approximate surface area is 163 Å². The van der Waals surface area contributed by atoms with E-state index in [4.69, 9.17) is 0 Å². The van der Waals surface area contributed by atoms with Crippen molar-refractivity contribution >= 4 is 17.3 Å². The van der Waals surface area contributed by atoms with Crippen molar-refractivity contribution in [2.24, 2.45) is 0 Å². The van der Waals surface area contributed by atoms with Crippen LogP contribution in [-0.2, 0) is 6.54 Å². The number of hydrogen-bond acceptors (Lipinski definition) is 4. The number of aromatic nitrogens is 2. The van der Waals surface area contributed by atoms with Crippen molar-refractivity contribution in [2.75, 3.05) is 5.32 Å². The highest BCUT2D eigenvalue weighted by Gasteiger charge is 2.10. The van der Waals surface area contributed by atoms with Crippen LogP contribution in [0.2, 0.25) is 0 Å². The maximum atomic E-state index is 12.4. The van der Waals surface area contributed by atoms with Crippen LogP contribution < -0.4 is 5.32 Å². The fourth-order valence-corrected chi connectivity index (χ4v) is 2.82. The van der Waals surface area contributed by atoms with Gasteiger partial charge in [0.2, 0.25) is 0 Å². The van der Waals surface area contributed by atoms with Gasteiger partial charge in [-0.05, 0) is 47.7 Å². The summed E-state index contributed by atoms with van der Waals surface area (Å²) in [5, 5.41) is 17.6. The van der Waals surface area contributed by atoms with Crippen molar-refractivity contribution in [3.8, 4) is 0 Å². The molecule has 0 fully saturated rings. The highest BCUT2D eigenvalue weighted by Crippen LogP contribution is 2.21. The number of anilines is 1. The number of rotatable bonds is 7. The van der Waals surface area contributed by atoms with E-state index in [1.807, 2.05) is 36.4 Å². The molecule has 0 bridgehead atoms. The molecule has 1 amide bonds. The van der Waals surface area contributed by atoms with Crippen LogP contribution in [0.15, 0.2) is 60.9 Å². The fraction of sp³-hybridized carbons (Fsp3) is 0.238. The first-order valence-electron chi connectivity index (χ1n) is 9.13. The summed E-state index contributed by atoms with van der Waals surface area (Å²) in [6.07, 6.45) is 3.67. The average Bonchev–Trinajstić information content (AvgIpc) is 3.17. The molecule has 0 spiro atoms. The molecule has 1 N–H and O–H groups in total. The predicted molar refractivity (Wildman–Crippen MR) is 108 cm³/mol. The molecule has 144 valence electrons. The highest BCUT2D eigenvalue weighted by molar-refractivity contribution is 6.04. The minimum absolute atomic E-state index is 0.0460. The Hall–Kier alpha value is -3.48. The fourth-order valence-electron chi connectivity index (χ4n) is 2.82. The third-order valence-electron chi connectivity index (χ3n) is 4.74. The number of amides is 1. The second-order valence-corrected chi connectivity index (χ2v) is 6.74. The number of carbonyl (C=O) groups is 1. The average molecular weight is 378 g/mol. The second kappa shape index (κ2) is 8.47. The lowest BCUT2D eigenvalue weighted by Crippen LogP contribution is -2.12. The zero-order valence-corrected chi connectivity index (χ0v) is 15.8. The van der Waals surface area contributed by atoms with E-state index < -0.39 is 4.92 Å². The number of carbonyl (C=O) groups excluding carboxylic acids is 1. The Morgan fingerprint density at radius 1 is 1.18 bits per heavy atom. The SMILES string of the molecule is CC[C@H](C)c1ccc(NC(=O)c2ccc(Cn3cc([N+](=O)[O-])cn3)cc2)cc1. The molecule has 0 aliphatic rings. The molecule has 3 rings (SSSR count). The summed E-state index contributed by atoms with van der Waals surface area (Å²) in [6, 6.07) is 15.0. The van der Waals surface area contributed by atoms with E-state index in [1.54, 1.807) is 12.1 Å². The Morgan fingerprint density at radius 3 is 2.43 bits per heavy atom. The molecule has 3 aromatic rings. The van der Waals surface area contributed by atoms with Crippen molar-refractivity contribution in [3.63, 3.8) is 0 Å². The van der Waals surface area contributed by atoms with Crippen LogP contribution in [0, 0.1) is 10.1 Å². The molecular formula is C21H22N4O3. The van der Waals surface area contributed by atoms with Crippen molar-refractivity contribution in [3.05, 3.63) is 87.7 Å². The first-order valence-corrected chi connectivity index (χ1v) is 9.13. The zero-order valence-electron chi connectivity index (χ0n) is 15.8. The summed E-state index contributed by atoms with van der Waals surface area (Å²) < 4.78 is 1.49. The lowest BCUT2D eigenvalue weighted by molar-refractivity contribution is -0.385. The number of nitrogens with one attached hydrogen (secondary N) is 1. The highest BCUT2D eigenvalue weighted by atomic mass is 16.6. The van der Waals surface area contributed by atoms with Gasteiger partial charge in [-0.2, -0.15) is 5.10 Å². The molecule has 1 heterocycles. The molecule has 0 aliphatic carbocycles. The maximum absolute atomic E-state index is 12.4. The van der Waals surface area contributed by atoms with E-state index in [0.717, 1.165) is 17.7 Å². The van der Waals surface area contributed by atoms with Crippen LogP contribution in [0.3, 0.4) is 0 Å². The van der Waals surface area contributed by atoms with Gasteiger partial charge < -0.3 is 5.32 Å². The van der Waals surface area contributed by atoms with Crippen LogP contribution in [0.5, 0.6) is 0 Å². The van der Waals surface area contributed by atoms with Gasteiger partial charge in [0, 0.05) is 11.3 Å². The quantitative estimate of drug-likeness (QED) is 0.480. The molecule has 1 atom stereocenters. The summed E-state index contributed by atoms with van der Waals surface area (Å²) in [5.41, 5.74) is 3.40. The Kier molecular flexibility index (Phi) is 5.84. The third-order valence-corrected chi connectivity index (χ3v) is 4.74. The van der Waals surface area contributed by atoms with Crippen LogP contribution in [0.25, 0.3) is 0 Å². The maximum Gasteiger partial charge on any atom is 0.307 e. The number of hydrogen-bond donors (Lipinski definition) is 1. The van der Waals surface area contributed by atoms with Crippen LogP contribution in [0.4, 0.5) is 11.4 Å². The second-order valence-electron chi connectivity index (χ2n) is 6.74. The number of benzene rings is 2. The lowest BCUT2D eigenvalue weighted by Gasteiger charge is -2.11. The zero-order chi connectivity index (χ0) is 20.1. The molecule has 1 aromatic heterocycles. The first-order chi connectivity index (χ1) is 13.5. The van der Waals surface area contributed by atoms with Gasteiger partial charge in [0.15, 0.2) is 0 Å². The normalized spacial score (nSPS) is 11.8. The summed E-state index contributed by atoms with van der Waals surface area (Å²) in [6.45, 7) is 4.72. The smallest absolute Gasteiger partial charge is 0.307 e. The minimum atomic E-state index is -0.480. The summed E-state index contributed by atoms with van der Waals surface area (Å²) in [5.74, 6) is 0.311. The van der Waals surface area contributed by atoms with Gasteiger partial charge in [-0.25, -0.2) is 0 Å². The van der Waals surface area contributed by atoms with Gasteiger partial charge in [0.25, 0.3) is 5.91 Å². The topological polar surface area (TPSA) is 90.1 Å². The van der Waals surface area contributed by atoms with E-state index in [1.165, 1.54) is 22.6 Å². The summed E-state index contributed by atoms with van der Waals surface area (Å²) in [7, 11) is 0. The standard InChI is InChI=1S/C21H22N4O3/c1-3-15(2)17-8-10-19(11-9-17)23-21(26)18-6-4-16(5-7-18)13-24-14-20(12-22-24)25(27)28/h4-12,14-15H,3,13H2,1-2H3,(H,23,26)/t15-/m0/s1. The van der Waals surface area contributed by atoms with Gasteiger partial charge in [0.05, 0.1) is 11.5 Å². The number of nitrogens with zero attached hydrogens (tertiary/aromatic N) is 3. The van der Waals surface area contributed by atoms with Gasteiger partial charge in [-0.15, -0.1) is 0 Å². The molecule has 7 nitrogen and oxygen atoms in total. The molecule has 0 aliphatic heterocycles. The van der Waals surface area contributed by atoms with Crippen LogP contribution in [-0.4, -0.2) is 20.6 Å². The van der Waals surface area contributed by atoms with Crippen molar-refractivity contribution in [1.29, 1.82) is 0 Å². The van der Waals surface area contributed by atoms with Crippen molar-refractivity contribution in [1.82, 2.24) is 9.78 Å². The number of nitro groups is 1. The predicted octanol–water partition coefficient (Wildman–Crippen LogP) is 4.61. The van der Waals surface area contributed by atoms with E-state index in [2.05, 4.69) is 24.3 Å². The summed E-state index contributed by atoms with van der Waals surface area (Å²) in [4.78, 5) is 22.7. The Balaban J connectivity index is 1.62. The lowest BCUT2D eigenvalue weighted by atomic mass is 9.98. The molecule has 0 saturated heterocycles. The molecule has 2 aromatic carbocycles. The van der Waals surface area contributed by atoms with E-state index in [-0.39, 0.29) is 11.6 Å². The third kappa shape index (κ3) is 4.62. The molecule has 7 heteroatoms. The molecule has 0 saturated carbocycles. The van der Waals surface area contributed by atoms with Gasteiger partial charge in [-0.1, -0.05) is 38.1 Å². The van der Waals surface area contributed by atoms with E-state index in [9.17, 15) is 14.9 Å². The van der Waals surface area contributed by atoms with Crippen LogP contribution in [0.1, 0.15) is 47.7 Å². The first kappa shape index (κ1) is 19.3. The Bertz CT molecular complexity index is 962. The van der Waals surface area contributed by atoms with Gasteiger partial charge in [0.1, 0.15) is 12.4 Å². The van der Waals surface area contributed by atoms with Gasteiger partial charge >= 0.3 is 5.69 Å². The molecule has 28 heavy (non-hydrogen) atoms. The summed E-state index contributed by atoms with van der Waals surface area (Å²) >= 11 is 0. The van der Waals surface area contributed by atoms with Gasteiger partial charge in [-0.3, -0.25) is 19.6 Å². The van der Waals surface area contributed by atoms with Crippen molar-refractivity contribution in [2.45, 2.75) is 32.7 Å². The minimum Gasteiger partial charge on any atom is -0.322 e. The monoisotopic (exact) mass is 378 g/mol. The largest absolute Gasteiger partial charge is 0.322 e. The van der Waals surface area contributed by atoms with Crippen LogP contribution >= 0.6 is 0 Å². The van der Waals surface area contributed by atoms with E-state index >= 15 is 0 Å². The van der Waals surface area contributed by atoms with E-state index in [0.29, 0.717) is 18.0 Å². The molecular weight excluding hydrogens is 356 g/mol. The Morgan fingerprint density at radius 2 is 1.86 bits per heavy atom.